The summed E-state index contributed by atoms with van der Waals surface area (Å²) in [4.78, 5) is 0. The molecule has 0 aliphatic heterocycles. The number of rotatable bonds is 5. The molecule has 2 aliphatic rings. The molecule has 0 radical (unpaired) electrons. The van der Waals surface area contributed by atoms with Crippen LogP contribution < -0.4 is 11.1 Å². The molecule has 0 heterocycles. The molecule has 2 aliphatic carbocycles. The van der Waals surface area contributed by atoms with Crippen molar-refractivity contribution in [2.75, 3.05) is 13.1 Å². The fourth-order valence-electron chi connectivity index (χ4n) is 4.02. The van der Waals surface area contributed by atoms with Gasteiger partial charge in [-0.15, -0.1) is 0 Å². The lowest BCUT2D eigenvalue weighted by Gasteiger charge is -2.23. The van der Waals surface area contributed by atoms with Gasteiger partial charge in [0.15, 0.2) is 0 Å². The Hall–Kier alpha value is -0.860. The Morgan fingerprint density at radius 3 is 2.21 bits per heavy atom. The molecule has 2 bridgehead atoms. The summed E-state index contributed by atoms with van der Waals surface area (Å²) in [6, 6.07) is 9.80. The van der Waals surface area contributed by atoms with E-state index in [9.17, 15) is 0 Å². The number of unbranched alkanes of at least 4 members (excludes halogenated alkanes) is 1. The minimum Gasteiger partial charge on any atom is -0.330 e. The lowest BCUT2D eigenvalue weighted by Crippen LogP contribution is -2.38. The maximum Gasteiger partial charge on any atom is 0.0130 e. The van der Waals surface area contributed by atoms with Crippen LogP contribution in [0, 0.1) is 11.8 Å². The van der Waals surface area contributed by atoms with Crippen molar-refractivity contribution in [3.05, 3.63) is 35.4 Å². The van der Waals surface area contributed by atoms with Gasteiger partial charge in [0.25, 0.3) is 0 Å². The Bertz CT molecular complexity index is 382. The fraction of sp³-hybridized carbons (Fsp3) is 0.647. The number of nitrogens with one attached hydrogen (secondary N) is 1. The minimum absolute atomic E-state index is 0.741. The SMILES string of the molecule is NCCCCNC1C2CCC1Cc1ccccc1C2. The first-order valence-corrected chi connectivity index (χ1v) is 7.88. The number of fused-ring (bicyclic) bond motifs is 3. The van der Waals surface area contributed by atoms with Gasteiger partial charge < -0.3 is 11.1 Å². The van der Waals surface area contributed by atoms with Gasteiger partial charge in [0.2, 0.25) is 0 Å². The van der Waals surface area contributed by atoms with E-state index in [4.69, 9.17) is 5.73 Å². The molecule has 2 heteroatoms. The molecule has 1 aromatic rings. The van der Waals surface area contributed by atoms with E-state index in [1.807, 2.05) is 0 Å². The summed E-state index contributed by atoms with van der Waals surface area (Å²) in [5.41, 5.74) is 8.77. The molecule has 3 rings (SSSR count). The second-order valence-electron chi connectivity index (χ2n) is 6.25. The number of hydrogen-bond donors (Lipinski definition) is 2. The molecule has 0 saturated heterocycles. The maximum atomic E-state index is 5.57. The Balaban J connectivity index is 1.66. The zero-order valence-electron chi connectivity index (χ0n) is 11.8. The first kappa shape index (κ1) is 13.1. The molecule has 2 unspecified atom stereocenters. The third-order valence-corrected chi connectivity index (χ3v) is 5.02. The number of hydrogen-bond acceptors (Lipinski definition) is 2. The summed E-state index contributed by atoms with van der Waals surface area (Å²) < 4.78 is 0. The van der Waals surface area contributed by atoms with Crippen LogP contribution in [0.5, 0.6) is 0 Å². The second-order valence-corrected chi connectivity index (χ2v) is 6.25. The molecular formula is C17H26N2. The monoisotopic (exact) mass is 258 g/mol. The van der Waals surface area contributed by atoms with E-state index in [2.05, 4.69) is 29.6 Å². The van der Waals surface area contributed by atoms with Gasteiger partial charge in [0, 0.05) is 6.04 Å². The van der Waals surface area contributed by atoms with E-state index in [0.29, 0.717) is 0 Å². The molecule has 3 N–H and O–H groups in total. The predicted molar refractivity (Wildman–Crippen MR) is 80.1 cm³/mol. The Kier molecular flexibility index (Phi) is 4.19. The molecule has 0 spiro atoms. The summed E-state index contributed by atoms with van der Waals surface area (Å²) in [6.07, 6.45) is 7.75. The van der Waals surface area contributed by atoms with Gasteiger partial charge in [-0.3, -0.25) is 0 Å². The van der Waals surface area contributed by atoms with Crippen LogP contribution >= 0.6 is 0 Å². The highest BCUT2D eigenvalue weighted by molar-refractivity contribution is 5.30. The summed E-state index contributed by atoms with van der Waals surface area (Å²) in [6.45, 7) is 1.97. The molecule has 1 aromatic carbocycles. The van der Waals surface area contributed by atoms with Crippen molar-refractivity contribution >= 4 is 0 Å². The van der Waals surface area contributed by atoms with E-state index in [-0.39, 0.29) is 0 Å². The summed E-state index contributed by atoms with van der Waals surface area (Å²) in [5, 5.41) is 3.84. The van der Waals surface area contributed by atoms with Crippen molar-refractivity contribution in [1.82, 2.24) is 5.32 Å². The zero-order valence-corrected chi connectivity index (χ0v) is 11.8. The van der Waals surface area contributed by atoms with Gasteiger partial charge in [-0.05, 0) is 74.6 Å². The van der Waals surface area contributed by atoms with Crippen molar-refractivity contribution in [2.45, 2.75) is 44.6 Å². The van der Waals surface area contributed by atoms with E-state index >= 15 is 0 Å². The summed E-state index contributed by atoms with van der Waals surface area (Å²) in [5.74, 6) is 1.71. The lowest BCUT2D eigenvalue weighted by molar-refractivity contribution is 0.340. The van der Waals surface area contributed by atoms with Crippen LogP contribution in [-0.4, -0.2) is 19.1 Å². The van der Waals surface area contributed by atoms with E-state index in [0.717, 1.165) is 37.4 Å². The first-order chi connectivity index (χ1) is 9.38. The highest BCUT2D eigenvalue weighted by Gasteiger charge is 2.38. The molecule has 0 amide bonds. The van der Waals surface area contributed by atoms with Crippen LogP contribution in [0.1, 0.15) is 36.8 Å². The standard InChI is InChI=1S/C17H26N2/c18-9-3-4-10-19-17-15-7-8-16(17)12-14-6-2-1-5-13(14)11-15/h1-2,5-6,15-17,19H,3-4,7-12,18H2. The van der Waals surface area contributed by atoms with Crippen LogP contribution in [-0.2, 0) is 12.8 Å². The Labute approximate surface area is 116 Å². The third kappa shape index (κ3) is 2.85. The largest absolute Gasteiger partial charge is 0.330 e. The quantitative estimate of drug-likeness (QED) is 0.796. The smallest absolute Gasteiger partial charge is 0.0130 e. The van der Waals surface area contributed by atoms with E-state index in [1.165, 1.54) is 32.1 Å². The van der Waals surface area contributed by atoms with E-state index in [1.54, 1.807) is 11.1 Å². The van der Waals surface area contributed by atoms with Gasteiger partial charge in [-0.1, -0.05) is 24.3 Å². The van der Waals surface area contributed by atoms with Crippen molar-refractivity contribution in [2.24, 2.45) is 17.6 Å². The van der Waals surface area contributed by atoms with Gasteiger partial charge >= 0.3 is 0 Å². The van der Waals surface area contributed by atoms with Gasteiger partial charge in [0.1, 0.15) is 0 Å². The summed E-state index contributed by atoms with van der Waals surface area (Å²) in [7, 11) is 0. The zero-order chi connectivity index (χ0) is 13.1. The molecule has 0 aromatic heterocycles. The van der Waals surface area contributed by atoms with Crippen LogP contribution in [0.25, 0.3) is 0 Å². The van der Waals surface area contributed by atoms with Crippen molar-refractivity contribution in [3.63, 3.8) is 0 Å². The first-order valence-electron chi connectivity index (χ1n) is 7.88. The van der Waals surface area contributed by atoms with Gasteiger partial charge in [-0.2, -0.15) is 0 Å². The van der Waals surface area contributed by atoms with Crippen molar-refractivity contribution in [1.29, 1.82) is 0 Å². The van der Waals surface area contributed by atoms with Crippen LogP contribution in [0.4, 0.5) is 0 Å². The normalized spacial score (nSPS) is 29.0. The average Bonchev–Trinajstić information content (AvgIpc) is 2.70. The highest BCUT2D eigenvalue weighted by Crippen LogP contribution is 2.39. The molecule has 2 nitrogen and oxygen atoms in total. The van der Waals surface area contributed by atoms with Crippen LogP contribution in [0.3, 0.4) is 0 Å². The van der Waals surface area contributed by atoms with Crippen LogP contribution in [0.15, 0.2) is 24.3 Å². The number of nitrogens with two attached hydrogens (primary N) is 1. The Morgan fingerprint density at radius 2 is 1.63 bits per heavy atom. The lowest BCUT2D eigenvalue weighted by atomic mass is 9.94. The molecule has 2 atom stereocenters. The van der Waals surface area contributed by atoms with Crippen molar-refractivity contribution < 1.29 is 0 Å². The average molecular weight is 258 g/mol. The van der Waals surface area contributed by atoms with E-state index < -0.39 is 0 Å². The van der Waals surface area contributed by atoms with Gasteiger partial charge in [0.05, 0.1) is 0 Å². The fourth-order valence-corrected chi connectivity index (χ4v) is 4.02. The second kappa shape index (κ2) is 6.06. The predicted octanol–water partition coefficient (Wildman–Crippen LogP) is 2.51. The molecule has 19 heavy (non-hydrogen) atoms. The minimum atomic E-state index is 0.741. The summed E-state index contributed by atoms with van der Waals surface area (Å²) >= 11 is 0. The maximum absolute atomic E-state index is 5.57. The number of benzene rings is 1. The van der Waals surface area contributed by atoms with Gasteiger partial charge in [-0.25, -0.2) is 0 Å². The van der Waals surface area contributed by atoms with Crippen LogP contribution in [0.2, 0.25) is 0 Å². The molecule has 1 saturated carbocycles. The third-order valence-electron chi connectivity index (χ3n) is 5.02. The molecule has 1 fully saturated rings. The topological polar surface area (TPSA) is 38.0 Å². The Morgan fingerprint density at radius 1 is 1.00 bits per heavy atom. The van der Waals surface area contributed by atoms with Crippen molar-refractivity contribution in [3.8, 4) is 0 Å². The molecule has 104 valence electrons. The molecular weight excluding hydrogens is 232 g/mol. The highest BCUT2D eigenvalue weighted by atomic mass is 14.9.